The zero-order valence-electron chi connectivity index (χ0n) is 20.1. The van der Waals surface area contributed by atoms with E-state index in [-0.39, 0.29) is 6.17 Å². The molecule has 0 spiro atoms. The molecule has 2 aromatic carbocycles. The summed E-state index contributed by atoms with van der Waals surface area (Å²) in [6, 6.07) is 19.2. The van der Waals surface area contributed by atoms with E-state index < -0.39 is 0 Å². The van der Waals surface area contributed by atoms with Gasteiger partial charge in [-0.15, -0.1) is 0 Å². The van der Waals surface area contributed by atoms with Crippen molar-refractivity contribution in [1.82, 2.24) is 20.2 Å². The Morgan fingerprint density at radius 3 is 2.48 bits per heavy atom. The van der Waals surface area contributed by atoms with Crippen LogP contribution in [0.25, 0.3) is 0 Å². The first-order valence-electron chi connectivity index (χ1n) is 12.1. The number of hydrogen-bond donors (Lipinski definition) is 1. The topological polar surface area (TPSA) is 45.5 Å². The van der Waals surface area contributed by atoms with Crippen LogP contribution in [-0.2, 0) is 19.4 Å². The number of benzene rings is 2. The van der Waals surface area contributed by atoms with Crippen molar-refractivity contribution in [2.75, 3.05) is 13.6 Å². The highest BCUT2D eigenvalue weighted by Crippen LogP contribution is 2.38. The van der Waals surface area contributed by atoms with E-state index in [1.165, 1.54) is 16.8 Å². The van der Waals surface area contributed by atoms with E-state index in [0.29, 0.717) is 5.56 Å². The minimum atomic E-state index is 0.104. The minimum absolute atomic E-state index is 0.104. The predicted octanol–water partition coefficient (Wildman–Crippen LogP) is 5.13. The largest absolute Gasteiger partial charge is 0.348 e. The van der Waals surface area contributed by atoms with Gasteiger partial charge in [0.05, 0.1) is 17.3 Å². The number of nitrogens with one attached hydrogen (secondary N) is 1. The van der Waals surface area contributed by atoms with Gasteiger partial charge >= 0.3 is 0 Å². The number of unbranched alkanes of at least 4 members (excludes halogenated alkanes) is 1. The van der Waals surface area contributed by atoms with Crippen molar-refractivity contribution in [3.05, 3.63) is 94.6 Å². The lowest BCUT2D eigenvalue weighted by Crippen LogP contribution is -2.46. The molecule has 0 saturated heterocycles. The lowest BCUT2D eigenvalue weighted by atomic mass is 10.0. The zero-order chi connectivity index (χ0) is 23.4. The van der Waals surface area contributed by atoms with E-state index in [2.05, 4.69) is 84.1 Å². The van der Waals surface area contributed by atoms with Crippen LogP contribution in [0.5, 0.6) is 0 Å². The van der Waals surface area contributed by atoms with E-state index in [4.69, 9.17) is 0 Å². The fourth-order valence-corrected chi connectivity index (χ4v) is 4.80. The summed E-state index contributed by atoms with van der Waals surface area (Å²) in [7, 11) is 2.12. The molecule has 5 nitrogen and oxygen atoms in total. The van der Waals surface area contributed by atoms with Crippen LogP contribution in [0, 0.1) is 11.3 Å². The fraction of sp³-hybridized carbons (Fsp3) is 0.393. The second kappa shape index (κ2) is 10.0. The Kier molecular flexibility index (Phi) is 6.93. The quantitative estimate of drug-likeness (QED) is 0.584. The maximum Gasteiger partial charge on any atom is 0.148 e. The molecule has 1 unspecified atom stereocenters. The molecule has 0 aliphatic carbocycles. The normalized spacial score (nSPS) is 17.5. The number of hydrogen-bond acceptors (Lipinski definition) is 5. The number of hydrazine groups is 1. The highest BCUT2D eigenvalue weighted by Gasteiger charge is 2.42. The molecular weight excluding hydrogens is 406 g/mol. The maximum absolute atomic E-state index is 9.32. The summed E-state index contributed by atoms with van der Waals surface area (Å²) >= 11 is 0. The van der Waals surface area contributed by atoms with Crippen LogP contribution in [0.3, 0.4) is 0 Å². The monoisotopic (exact) mass is 441 g/mol. The summed E-state index contributed by atoms with van der Waals surface area (Å²) < 4.78 is 0. The van der Waals surface area contributed by atoms with Crippen LogP contribution in [0.15, 0.2) is 72.3 Å². The summed E-state index contributed by atoms with van der Waals surface area (Å²) in [5.74, 6) is 1.13. The lowest BCUT2D eigenvalue weighted by Gasteiger charge is -2.36. The average molecular weight is 442 g/mol. The summed E-state index contributed by atoms with van der Waals surface area (Å²) in [6.07, 6.45) is 5.48. The summed E-state index contributed by atoms with van der Waals surface area (Å²) in [5, 5.41) is 17.6. The van der Waals surface area contributed by atoms with Crippen molar-refractivity contribution < 1.29 is 0 Å². The van der Waals surface area contributed by atoms with Gasteiger partial charge in [0.15, 0.2) is 0 Å². The summed E-state index contributed by atoms with van der Waals surface area (Å²) in [4.78, 5) is 2.45. The molecule has 2 aromatic rings. The third-order valence-corrected chi connectivity index (χ3v) is 6.58. The molecule has 0 fully saturated rings. The Morgan fingerprint density at radius 1 is 1.03 bits per heavy atom. The molecule has 33 heavy (non-hydrogen) atoms. The number of rotatable bonds is 9. The van der Waals surface area contributed by atoms with Gasteiger partial charge in [-0.1, -0.05) is 69.7 Å². The molecular formula is C28H35N5. The average Bonchev–Trinajstić information content (AvgIpc) is 3.28. The van der Waals surface area contributed by atoms with Crippen LogP contribution >= 0.6 is 0 Å². The predicted molar refractivity (Wildman–Crippen MR) is 133 cm³/mol. The lowest BCUT2D eigenvalue weighted by molar-refractivity contribution is 0.0747. The molecule has 0 saturated carbocycles. The summed E-state index contributed by atoms with van der Waals surface area (Å²) in [6.45, 7) is 10.7. The molecule has 0 amide bonds. The van der Waals surface area contributed by atoms with Crippen LogP contribution in [0.2, 0.25) is 0 Å². The molecule has 172 valence electrons. The van der Waals surface area contributed by atoms with Crippen molar-refractivity contribution in [3.63, 3.8) is 0 Å². The van der Waals surface area contributed by atoms with Crippen molar-refractivity contribution in [2.45, 2.75) is 58.7 Å². The Morgan fingerprint density at radius 2 is 1.79 bits per heavy atom. The fourth-order valence-electron chi connectivity index (χ4n) is 4.80. The van der Waals surface area contributed by atoms with Gasteiger partial charge in [0.2, 0.25) is 0 Å². The van der Waals surface area contributed by atoms with Gasteiger partial charge in [0.1, 0.15) is 17.7 Å². The van der Waals surface area contributed by atoms with Crippen molar-refractivity contribution in [3.8, 4) is 6.07 Å². The molecule has 2 heterocycles. The minimum Gasteiger partial charge on any atom is -0.348 e. The SMILES string of the molecule is C=C1C2=C(NC(Cc3cccc(C#N)c3)N2Cc2ccc(CCC)cc2)N(C)N1CCCC. The van der Waals surface area contributed by atoms with E-state index >= 15 is 0 Å². The van der Waals surface area contributed by atoms with Gasteiger partial charge in [-0.3, -0.25) is 10.0 Å². The van der Waals surface area contributed by atoms with Crippen LogP contribution in [0.1, 0.15) is 55.4 Å². The van der Waals surface area contributed by atoms with Crippen molar-refractivity contribution in [1.29, 1.82) is 5.26 Å². The van der Waals surface area contributed by atoms with Gasteiger partial charge in [-0.25, -0.2) is 0 Å². The molecule has 0 radical (unpaired) electrons. The Labute approximate surface area is 198 Å². The maximum atomic E-state index is 9.32. The van der Waals surface area contributed by atoms with Gasteiger partial charge in [0.25, 0.3) is 0 Å². The number of nitrogens with zero attached hydrogens (tertiary/aromatic N) is 4. The number of nitriles is 1. The van der Waals surface area contributed by atoms with Crippen LogP contribution in [-0.4, -0.2) is 34.7 Å². The Bertz CT molecular complexity index is 1060. The van der Waals surface area contributed by atoms with E-state index in [9.17, 15) is 5.26 Å². The van der Waals surface area contributed by atoms with Crippen LogP contribution < -0.4 is 5.32 Å². The van der Waals surface area contributed by atoms with E-state index in [1.807, 2.05) is 18.2 Å². The molecule has 0 aromatic heterocycles. The third kappa shape index (κ3) is 4.71. The van der Waals surface area contributed by atoms with Gasteiger partial charge in [0, 0.05) is 26.6 Å². The summed E-state index contributed by atoms with van der Waals surface area (Å²) in [5.41, 5.74) is 6.80. The molecule has 1 N–H and O–H groups in total. The first kappa shape index (κ1) is 22.8. The van der Waals surface area contributed by atoms with Crippen LogP contribution in [0.4, 0.5) is 0 Å². The molecule has 2 aliphatic heterocycles. The molecule has 1 atom stereocenters. The highest BCUT2D eigenvalue weighted by atomic mass is 15.7. The zero-order valence-corrected chi connectivity index (χ0v) is 20.1. The van der Waals surface area contributed by atoms with Crippen molar-refractivity contribution >= 4 is 0 Å². The van der Waals surface area contributed by atoms with Crippen molar-refractivity contribution in [2.24, 2.45) is 0 Å². The second-order valence-electron chi connectivity index (χ2n) is 9.02. The highest BCUT2D eigenvalue weighted by molar-refractivity contribution is 5.41. The second-order valence-corrected chi connectivity index (χ2v) is 9.02. The molecule has 4 rings (SSSR count). The van der Waals surface area contributed by atoms with E-state index in [1.54, 1.807) is 0 Å². The molecule has 2 aliphatic rings. The molecule has 5 heteroatoms. The third-order valence-electron chi connectivity index (χ3n) is 6.58. The number of aryl methyl sites for hydroxylation is 1. The van der Waals surface area contributed by atoms with Gasteiger partial charge < -0.3 is 10.2 Å². The Hall–Kier alpha value is -3.39. The van der Waals surface area contributed by atoms with E-state index in [0.717, 1.165) is 62.3 Å². The van der Waals surface area contributed by atoms with Gasteiger partial charge in [-0.05, 0) is 41.7 Å². The standard InChI is InChI=1S/C28H35N5/c1-5-7-16-33-21(3)27-28(31(33)4)30-26(18-24-10-8-11-25(17-24)19-29)32(27)20-23-14-12-22(9-6-2)13-15-23/h8,10-15,17,26,30H,3,5-7,9,16,18,20H2,1-2,4H3. The smallest absolute Gasteiger partial charge is 0.148 e. The first-order valence-corrected chi connectivity index (χ1v) is 12.1. The Balaban J connectivity index is 1.60. The first-order chi connectivity index (χ1) is 16.0. The van der Waals surface area contributed by atoms with Gasteiger partial charge in [-0.2, -0.15) is 5.26 Å². The molecule has 0 bridgehead atoms.